The Morgan fingerprint density at radius 2 is 0.892 bits per heavy atom. The minimum absolute atomic E-state index is 0. The molecule has 6 heteroatoms. The standard InChI is InChI=1S/C23H30N2.C8H16OSi2.Pd/c1-14-9-16(3)22(17(4)10-14)24-13-25(21(8)20(24)7)23-18(5)11-15(2)12-19(23)6;1-7-10(3,4)9-11(5,6)8-2;/h9-12H,13H2,1-8H3;1-2H2,3-6H3;/q;-2;+2. The number of hydrogen-bond acceptors (Lipinski definition) is 3. The topological polar surface area (TPSA) is 15.7 Å². The number of hydrogen-bond donors (Lipinski definition) is 0. The number of nitrogens with zero attached hydrogens (tertiary/aromatic N) is 2. The summed E-state index contributed by atoms with van der Waals surface area (Å²) < 4.78 is 5.85. The van der Waals surface area contributed by atoms with Crippen molar-refractivity contribution in [3.05, 3.63) is 93.6 Å². The van der Waals surface area contributed by atoms with Gasteiger partial charge in [0.05, 0.1) is 6.67 Å². The Balaban J connectivity index is 0.000000487. The SMILES string of the molecule is C=[C-][Si](C)(C)O[Si](C)(C)[C-]=C.CC1=C(C)N(c2c(C)cc(C)cc2C)CN1c1c(C)cc(C)cc1C.[Pd+2]. The van der Waals surface area contributed by atoms with Gasteiger partial charge < -0.3 is 25.3 Å². The van der Waals surface area contributed by atoms with Crippen LogP contribution in [-0.4, -0.2) is 23.3 Å². The molecule has 1 aliphatic heterocycles. The summed E-state index contributed by atoms with van der Waals surface area (Å²) in [7, 11) is -3.47. The molecule has 2 aromatic rings. The van der Waals surface area contributed by atoms with Crippen LogP contribution in [0.1, 0.15) is 47.2 Å². The molecule has 0 radical (unpaired) electrons. The van der Waals surface area contributed by atoms with Gasteiger partial charge in [0.15, 0.2) is 0 Å². The molecule has 1 aliphatic rings. The molecular weight excluding hydrogens is 579 g/mol. The summed E-state index contributed by atoms with van der Waals surface area (Å²) in [5, 5.41) is 0. The molecule has 0 spiro atoms. The molecule has 1 heterocycles. The van der Waals surface area contributed by atoms with Gasteiger partial charge in [0, 0.05) is 39.4 Å². The van der Waals surface area contributed by atoms with E-state index < -0.39 is 16.6 Å². The number of allylic oxidation sites excluding steroid dienone is 2. The van der Waals surface area contributed by atoms with Crippen LogP contribution in [0, 0.1) is 52.9 Å². The van der Waals surface area contributed by atoms with Crippen LogP contribution in [0.25, 0.3) is 0 Å². The summed E-state index contributed by atoms with van der Waals surface area (Å²) in [5.41, 5.74) is 19.4. The van der Waals surface area contributed by atoms with Crippen LogP contribution in [-0.2, 0) is 24.5 Å². The van der Waals surface area contributed by atoms with Crippen molar-refractivity contribution in [2.45, 2.75) is 81.6 Å². The van der Waals surface area contributed by atoms with Gasteiger partial charge in [-0.1, -0.05) is 61.6 Å². The third-order valence-corrected chi connectivity index (χ3v) is 12.6. The van der Waals surface area contributed by atoms with E-state index >= 15 is 0 Å². The average molecular weight is 625 g/mol. The molecule has 0 saturated heterocycles. The van der Waals surface area contributed by atoms with E-state index in [0.717, 1.165) is 6.67 Å². The van der Waals surface area contributed by atoms with Gasteiger partial charge in [-0.15, -0.1) is 0 Å². The summed E-state index contributed by atoms with van der Waals surface area (Å²) in [5.74, 6) is 0. The normalized spacial score (nSPS) is 13.7. The molecule has 3 nitrogen and oxygen atoms in total. The van der Waals surface area contributed by atoms with Gasteiger partial charge in [-0.25, -0.2) is 0 Å². The number of rotatable bonds is 6. The van der Waals surface area contributed by atoms with Crippen molar-refractivity contribution in [1.29, 1.82) is 0 Å². The zero-order valence-corrected chi connectivity index (χ0v) is 28.6. The molecule has 37 heavy (non-hydrogen) atoms. The Hall–Kier alpha value is -1.68. The summed E-state index contributed by atoms with van der Waals surface area (Å²) in [6.07, 6.45) is 0. The molecule has 0 aliphatic carbocycles. The van der Waals surface area contributed by atoms with Gasteiger partial charge in [-0.2, -0.15) is 0 Å². The average Bonchev–Trinajstić information content (AvgIpc) is 3.01. The molecule has 204 valence electrons. The Morgan fingerprint density at radius 3 is 1.14 bits per heavy atom. The van der Waals surface area contributed by atoms with Gasteiger partial charge in [0.1, 0.15) is 0 Å². The van der Waals surface area contributed by atoms with Crippen molar-refractivity contribution in [2.75, 3.05) is 16.5 Å². The predicted molar refractivity (Wildman–Crippen MR) is 163 cm³/mol. The Labute approximate surface area is 243 Å². The maximum absolute atomic E-state index is 5.85. The molecule has 0 unspecified atom stereocenters. The van der Waals surface area contributed by atoms with Crippen molar-refractivity contribution >= 4 is 28.0 Å². The molecule has 0 aromatic heterocycles. The van der Waals surface area contributed by atoms with E-state index in [2.05, 4.69) is 140 Å². The zero-order chi connectivity index (χ0) is 27.6. The monoisotopic (exact) mass is 624 g/mol. The first-order valence-electron chi connectivity index (χ1n) is 12.7. The smallest absolute Gasteiger partial charge is 0.506 e. The number of aryl methyl sites for hydroxylation is 6. The summed E-state index contributed by atoms with van der Waals surface area (Å²) in [6.45, 7) is 34.2. The third kappa shape index (κ3) is 8.15. The minimum Gasteiger partial charge on any atom is -0.506 e. The Bertz CT molecular complexity index is 1050. The van der Waals surface area contributed by atoms with E-state index in [4.69, 9.17) is 4.12 Å². The van der Waals surface area contributed by atoms with E-state index in [1.54, 1.807) is 0 Å². The van der Waals surface area contributed by atoms with Crippen LogP contribution in [0.2, 0.25) is 26.2 Å². The van der Waals surface area contributed by atoms with Crippen LogP contribution < -0.4 is 9.80 Å². The molecule has 0 N–H and O–H groups in total. The van der Waals surface area contributed by atoms with Gasteiger partial charge in [-0.05, 0) is 77.6 Å². The van der Waals surface area contributed by atoms with Crippen LogP contribution in [0.15, 0.2) is 48.8 Å². The zero-order valence-electron chi connectivity index (χ0n) is 25.0. The molecule has 3 rings (SSSR count). The van der Waals surface area contributed by atoms with E-state index in [-0.39, 0.29) is 20.4 Å². The predicted octanol–water partition coefficient (Wildman–Crippen LogP) is 8.54. The molecular formula is C31H46N2OPdSi2. The van der Waals surface area contributed by atoms with Gasteiger partial charge in [-0.3, -0.25) is 13.2 Å². The summed E-state index contributed by atoms with van der Waals surface area (Å²) in [6, 6.07) is 9.15. The van der Waals surface area contributed by atoms with Crippen LogP contribution in [0.5, 0.6) is 0 Å². The molecule has 2 aromatic carbocycles. The number of benzene rings is 2. The van der Waals surface area contributed by atoms with Crippen molar-refractivity contribution in [1.82, 2.24) is 0 Å². The minimum atomic E-state index is -1.74. The van der Waals surface area contributed by atoms with E-state index in [1.807, 2.05) is 0 Å². The fourth-order valence-electron chi connectivity index (χ4n) is 5.13. The summed E-state index contributed by atoms with van der Waals surface area (Å²) >= 11 is 0. The van der Waals surface area contributed by atoms with Crippen molar-refractivity contribution in [2.24, 2.45) is 0 Å². The second-order valence-electron chi connectivity index (χ2n) is 11.1. The maximum Gasteiger partial charge on any atom is 2.00 e. The van der Waals surface area contributed by atoms with Crippen molar-refractivity contribution in [3.63, 3.8) is 0 Å². The maximum atomic E-state index is 5.85. The first kappa shape index (κ1) is 33.3. The van der Waals surface area contributed by atoms with Crippen molar-refractivity contribution < 1.29 is 24.5 Å². The van der Waals surface area contributed by atoms with Crippen molar-refractivity contribution in [3.8, 4) is 0 Å². The fourth-order valence-corrected chi connectivity index (χ4v) is 10.8. The van der Waals surface area contributed by atoms with E-state index in [0.29, 0.717) is 0 Å². The molecule has 0 saturated carbocycles. The molecule has 0 atom stereocenters. The molecule has 0 bridgehead atoms. The molecule has 0 amide bonds. The van der Waals surface area contributed by atoms with E-state index in [1.165, 1.54) is 56.1 Å². The van der Waals surface area contributed by atoms with Gasteiger partial charge in [0.25, 0.3) is 0 Å². The van der Waals surface area contributed by atoms with Gasteiger partial charge in [0.2, 0.25) is 0 Å². The number of anilines is 2. The fraction of sp³-hybridized carbons (Fsp3) is 0.419. The van der Waals surface area contributed by atoms with Crippen LogP contribution in [0.4, 0.5) is 11.4 Å². The Kier molecular flexibility index (Phi) is 11.6. The third-order valence-electron chi connectivity index (χ3n) is 6.79. The first-order chi connectivity index (χ1) is 16.5. The van der Waals surface area contributed by atoms with Crippen LogP contribution >= 0.6 is 0 Å². The Morgan fingerprint density at radius 1 is 0.622 bits per heavy atom. The molecule has 0 fully saturated rings. The van der Waals surface area contributed by atoms with Gasteiger partial charge >= 0.3 is 20.4 Å². The second-order valence-corrected chi connectivity index (χ2v) is 18.7. The quantitative estimate of drug-likeness (QED) is 0.237. The summed E-state index contributed by atoms with van der Waals surface area (Å²) in [4.78, 5) is 4.94. The largest absolute Gasteiger partial charge is 2.00 e. The first-order valence-corrected chi connectivity index (χ1v) is 18.5. The van der Waals surface area contributed by atoms with Crippen LogP contribution in [0.3, 0.4) is 0 Å². The van der Waals surface area contributed by atoms with E-state index in [9.17, 15) is 0 Å². The second kappa shape index (κ2) is 12.9.